The van der Waals surface area contributed by atoms with Crippen LogP contribution in [-0.4, -0.2) is 4.57 Å². The summed E-state index contributed by atoms with van der Waals surface area (Å²) in [5.74, 6) is 0. The zero-order valence-electron chi connectivity index (χ0n) is 5.07. The molecule has 0 saturated heterocycles. The molecule has 0 aliphatic heterocycles. The summed E-state index contributed by atoms with van der Waals surface area (Å²) in [7, 11) is 1.87. The maximum Gasteiger partial charge on any atom is 0.181 e. The Morgan fingerprint density at radius 1 is 1.33 bits per heavy atom. The van der Waals surface area contributed by atoms with Crippen molar-refractivity contribution in [3.05, 3.63) is 34.7 Å². The van der Waals surface area contributed by atoms with Gasteiger partial charge in [0.05, 0.1) is 0 Å². The first-order chi connectivity index (χ1) is 3.79. The molecule has 0 atom stereocenters. The lowest BCUT2D eigenvalue weighted by atomic mass is 10.5. The summed E-state index contributed by atoms with van der Waals surface area (Å²) in [5.41, 5.74) is 0.0584. The summed E-state index contributed by atoms with van der Waals surface area (Å²) in [6.45, 7) is 0. The van der Waals surface area contributed by atoms with Crippen LogP contribution in [0.25, 0.3) is 0 Å². The van der Waals surface area contributed by atoms with E-state index in [2.05, 4.69) is 0 Å². The highest BCUT2D eigenvalue weighted by molar-refractivity contribution is 5.85. The summed E-state index contributed by atoms with van der Waals surface area (Å²) in [6, 6.07) is 3.06. The molecule has 50 valence electrons. The van der Waals surface area contributed by atoms with E-state index in [0.29, 0.717) is 0 Å². The average molecular weight is 146 g/mol. The predicted molar refractivity (Wildman–Crippen MR) is 38.9 cm³/mol. The Hall–Kier alpha value is -0.760. The highest BCUT2D eigenvalue weighted by Gasteiger charge is 1.76. The number of halogens is 1. The zero-order valence-corrected chi connectivity index (χ0v) is 5.89. The van der Waals surface area contributed by atoms with Crippen molar-refractivity contribution in [3.63, 3.8) is 0 Å². The Bertz CT molecular complexity index is 210. The van der Waals surface area contributed by atoms with Gasteiger partial charge in [-0.1, -0.05) is 0 Å². The standard InChI is InChI=1S/C6H7NO.ClH/c1-7-4-2-6(8)3-5-7;/h2-5H,1H3;1H. The Morgan fingerprint density at radius 3 is 2.11 bits per heavy atom. The van der Waals surface area contributed by atoms with Gasteiger partial charge in [0, 0.05) is 31.6 Å². The minimum absolute atomic E-state index is 0. The van der Waals surface area contributed by atoms with Gasteiger partial charge >= 0.3 is 0 Å². The lowest BCUT2D eigenvalue weighted by Crippen LogP contribution is -1.98. The number of aromatic nitrogens is 1. The van der Waals surface area contributed by atoms with E-state index in [4.69, 9.17) is 0 Å². The van der Waals surface area contributed by atoms with Gasteiger partial charge in [0.1, 0.15) is 0 Å². The Balaban J connectivity index is 0.000000640. The molecule has 0 fully saturated rings. The van der Waals surface area contributed by atoms with Gasteiger partial charge in [-0.25, -0.2) is 0 Å². The molecule has 0 bridgehead atoms. The van der Waals surface area contributed by atoms with Crippen molar-refractivity contribution in [3.8, 4) is 0 Å². The van der Waals surface area contributed by atoms with E-state index in [1.54, 1.807) is 12.4 Å². The molecule has 1 heterocycles. The van der Waals surface area contributed by atoms with Gasteiger partial charge in [0.15, 0.2) is 5.43 Å². The molecule has 3 heteroatoms. The van der Waals surface area contributed by atoms with E-state index >= 15 is 0 Å². The van der Waals surface area contributed by atoms with Gasteiger partial charge in [0.25, 0.3) is 0 Å². The minimum Gasteiger partial charge on any atom is -0.357 e. The first-order valence-corrected chi connectivity index (χ1v) is 2.41. The van der Waals surface area contributed by atoms with Crippen LogP contribution >= 0.6 is 12.4 Å². The fraction of sp³-hybridized carbons (Fsp3) is 0.167. The fourth-order valence-corrected chi connectivity index (χ4v) is 0.487. The molecule has 1 aromatic heterocycles. The second kappa shape index (κ2) is 3.30. The second-order valence-corrected chi connectivity index (χ2v) is 1.70. The fourth-order valence-electron chi connectivity index (χ4n) is 0.487. The number of aryl methyl sites for hydroxylation is 1. The molecule has 0 saturated carbocycles. The number of hydrogen-bond acceptors (Lipinski definition) is 1. The van der Waals surface area contributed by atoms with Crippen LogP contribution in [0.3, 0.4) is 0 Å². The van der Waals surface area contributed by atoms with E-state index < -0.39 is 0 Å². The zero-order chi connectivity index (χ0) is 5.98. The number of hydrogen-bond donors (Lipinski definition) is 0. The number of pyridine rings is 1. The molecule has 9 heavy (non-hydrogen) atoms. The van der Waals surface area contributed by atoms with E-state index in [0.717, 1.165) is 0 Å². The third-order valence-electron chi connectivity index (χ3n) is 0.948. The highest BCUT2D eigenvalue weighted by atomic mass is 35.5. The number of rotatable bonds is 0. The van der Waals surface area contributed by atoms with Crippen LogP contribution in [-0.2, 0) is 7.05 Å². The van der Waals surface area contributed by atoms with Crippen molar-refractivity contribution in [1.82, 2.24) is 4.57 Å². The quantitative estimate of drug-likeness (QED) is 0.530. The van der Waals surface area contributed by atoms with Crippen molar-refractivity contribution in [2.75, 3.05) is 0 Å². The van der Waals surface area contributed by atoms with Crippen molar-refractivity contribution in [1.29, 1.82) is 0 Å². The van der Waals surface area contributed by atoms with Crippen LogP contribution in [0.1, 0.15) is 0 Å². The number of nitrogens with zero attached hydrogens (tertiary/aromatic N) is 1. The van der Waals surface area contributed by atoms with Crippen LogP contribution in [0.5, 0.6) is 0 Å². The topological polar surface area (TPSA) is 22.0 Å². The van der Waals surface area contributed by atoms with Crippen LogP contribution in [0, 0.1) is 0 Å². The van der Waals surface area contributed by atoms with Crippen molar-refractivity contribution >= 4 is 12.4 Å². The van der Waals surface area contributed by atoms with Gasteiger partial charge in [0.2, 0.25) is 0 Å². The van der Waals surface area contributed by atoms with E-state index in [9.17, 15) is 4.79 Å². The molecule has 0 N–H and O–H groups in total. The van der Waals surface area contributed by atoms with Gasteiger partial charge in [-0.15, -0.1) is 12.4 Å². The Kier molecular flexibility index (Phi) is 3.02. The molecule has 1 rings (SSSR count). The molecule has 0 amide bonds. The lowest BCUT2D eigenvalue weighted by molar-refractivity contribution is 0.900. The van der Waals surface area contributed by atoms with Crippen molar-refractivity contribution < 1.29 is 0 Å². The van der Waals surface area contributed by atoms with Gasteiger partial charge in [-0.2, -0.15) is 0 Å². The van der Waals surface area contributed by atoms with Crippen LogP contribution in [0.15, 0.2) is 29.3 Å². The largest absolute Gasteiger partial charge is 0.357 e. The molecule has 0 spiro atoms. The summed E-state index contributed by atoms with van der Waals surface area (Å²) in [4.78, 5) is 10.4. The second-order valence-electron chi connectivity index (χ2n) is 1.70. The molecule has 0 radical (unpaired) electrons. The van der Waals surface area contributed by atoms with Crippen molar-refractivity contribution in [2.24, 2.45) is 7.05 Å². The van der Waals surface area contributed by atoms with Gasteiger partial charge in [-0.3, -0.25) is 4.79 Å². The van der Waals surface area contributed by atoms with Crippen molar-refractivity contribution in [2.45, 2.75) is 0 Å². The first-order valence-electron chi connectivity index (χ1n) is 2.41. The Labute approximate surface area is 59.5 Å². The monoisotopic (exact) mass is 145 g/mol. The first kappa shape index (κ1) is 8.24. The van der Waals surface area contributed by atoms with E-state index in [-0.39, 0.29) is 17.8 Å². The molecule has 0 aliphatic carbocycles. The van der Waals surface area contributed by atoms with Crippen LogP contribution in [0.2, 0.25) is 0 Å². The minimum atomic E-state index is 0. The Morgan fingerprint density at radius 2 is 1.78 bits per heavy atom. The molecule has 1 aromatic rings. The molecule has 2 nitrogen and oxygen atoms in total. The van der Waals surface area contributed by atoms with Crippen LogP contribution in [0.4, 0.5) is 0 Å². The molecule has 0 unspecified atom stereocenters. The predicted octanol–water partition coefficient (Wildman–Crippen LogP) is 0.807. The highest BCUT2D eigenvalue weighted by Crippen LogP contribution is 1.73. The summed E-state index contributed by atoms with van der Waals surface area (Å²) in [6.07, 6.45) is 3.45. The lowest BCUT2D eigenvalue weighted by Gasteiger charge is -1.89. The van der Waals surface area contributed by atoms with Crippen LogP contribution < -0.4 is 5.43 Å². The van der Waals surface area contributed by atoms with Gasteiger partial charge in [-0.05, 0) is 0 Å². The maximum atomic E-state index is 10.4. The molecule has 0 aromatic carbocycles. The summed E-state index contributed by atoms with van der Waals surface area (Å²) < 4.78 is 1.82. The smallest absolute Gasteiger partial charge is 0.181 e. The maximum absolute atomic E-state index is 10.4. The van der Waals surface area contributed by atoms with Gasteiger partial charge < -0.3 is 4.57 Å². The summed E-state index contributed by atoms with van der Waals surface area (Å²) in [5, 5.41) is 0. The summed E-state index contributed by atoms with van der Waals surface area (Å²) >= 11 is 0. The SMILES string of the molecule is Cl.Cn1ccc(=O)cc1. The molecule has 0 aliphatic rings. The van der Waals surface area contributed by atoms with E-state index in [1.165, 1.54) is 12.1 Å². The molecular weight excluding hydrogens is 138 g/mol. The van der Waals surface area contributed by atoms with E-state index in [1.807, 2.05) is 11.6 Å². The normalized spacial score (nSPS) is 8.11. The average Bonchev–Trinajstić information content (AvgIpc) is 1.77. The third kappa shape index (κ3) is 2.33. The third-order valence-corrected chi connectivity index (χ3v) is 0.948. The molecular formula is C6H8ClNO.